The molecule has 6 heavy (non-hydrogen) atoms. The molecule has 0 aliphatic carbocycles. The lowest BCUT2D eigenvalue weighted by Gasteiger charge is -2.09. The Kier molecular flexibility index (Phi) is 1.81. The van der Waals surface area contributed by atoms with E-state index >= 15 is 0 Å². The van der Waals surface area contributed by atoms with Crippen molar-refractivity contribution in [3.8, 4) is 0 Å². The Labute approximate surface area is 40.5 Å². The van der Waals surface area contributed by atoms with E-state index in [1.165, 1.54) is 0 Å². The molecule has 0 N–H and O–H groups in total. The van der Waals surface area contributed by atoms with E-state index in [0.717, 1.165) is 0 Å². The highest BCUT2D eigenvalue weighted by molar-refractivity contribution is 6.69. The van der Waals surface area contributed by atoms with Gasteiger partial charge in [0.15, 0.2) is 8.32 Å². The first-order valence-corrected chi connectivity index (χ1v) is 5.35. The van der Waals surface area contributed by atoms with E-state index < -0.39 is 8.32 Å². The summed E-state index contributed by atoms with van der Waals surface area (Å²) in [6.45, 7) is 6.10. The number of hydrogen-bond acceptors (Lipinski definition) is 1. The van der Waals surface area contributed by atoms with E-state index in [0.29, 0.717) is 0 Å². The molecule has 0 fully saturated rings. The lowest BCUT2D eigenvalue weighted by atomic mass is 11.8. The van der Waals surface area contributed by atoms with Crippen molar-refractivity contribution in [1.82, 2.24) is 0 Å². The highest BCUT2D eigenvalue weighted by atomic mass is 28.4. The van der Waals surface area contributed by atoms with Crippen LogP contribution in [0.5, 0.6) is 0 Å². The van der Waals surface area contributed by atoms with Gasteiger partial charge in [-0.25, -0.2) is 0 Å². The minimum atomic E-state index is -1.35. The summed E-state index contributed by atoms with van der Waals surface area (Å²) in [5, 5.41) is 0. The molecular formula is C4H10OSi. The first kappa shape index (κ1) is 6.18. The fourth-order valence-corrected chi connectivity index (χ4v) is 0. The van der Waals surface area contributed by atoms with E-state index in [1.54, 1.807) is 0 Å². The smallest absolute Gasteiger partial charge is 0.184 e. The maximum Gasteiger partial charge on any atom is 0.184 e. The highest BCUT2D eigenvalue weighted by Gasteiger charge is 2.09. The van der Waals surface area contributed by atoms with Gasteiger partial charge in [0.1, 0.15) is 7.11 Å². The van der Waals surface area contributed by atoms with Crippen molar-refractivity contribution in [3.63, 3.8) is 0 Å². The molecule has 36 valence electrons. The number of hydrogen-bond donors (Lipinski definition) is 0. The van der Waals surface area contributed by atoms with Crippen molar-refractivity contribution in [3.05, 3.63) is 7.11 Å². The Morgan fingerprint density at radius 3 is 1.50 bits per heavy atom. The van der Waals surface area contributed by atoms with Crippen molar-refractivity contribution in [2.24, 2.45) is 0 Å². The Hall–Kier alpha value is 0.177. The molecule has 0 aliphatic rings. The van der Waals surface area contributed by atoms with E-state index in [-0.39, 0.29) is 0 Å². The van der Waals surface area contributed by atoms with Crippen molar-refractivity contribution < 1.29 is 4.43 Å². The topological polar surface area (TPSA) is 9.23 Å². The zero-order valence-electron chi connectivity index (χ0n) is 4.49. The van der Waals surface area contributed by atoms with Crippen molar-refractivity contribution in [1.29, 1.82) is 0 Å². The van der Waals surface area contributed by atoms with E-state index in [1.807, 2.05) is 19.6 Å². The van der Waals surface area contributed by atoms with Gasteiger partial charge in [-0.1, -0.05) is 0 Å². The van der Waals surface area contributed by atoms with Crippen LogP contribution in [0.1, 0.15) is 0 Å². The zero-order valence-corrected chi connectivity index (χ0v) is 5.49. The standard InChI is InChI=1S/C4H10OSi/c1-5-6(2,3)4/h1H,2-4H3. The minimum Gasteiger partial charge on any atom is -0.409 e. The normalized spacial score (nSPS) is 12.0. The summed E-state index contributed by atoms with van der Waals surface area (Å²) in [5.74, 6) is 0. The average Bonchev–Trinajstić information content (AvgIpc) is 1.35. The van der Waals surface area contributed by atoms with Crippen LogP contribution in [0, 0.1) is 7.11 Å². The van der Waals surface area contributed by atoms with Gasteiger partial charge in [0.05, 0.1) is 0 Å². The lowest BCUT2D eigenvalue weighted by molar-refractivity contribution is 0.471. The van der Waals surface area contributed by atoms with Crippen molar-refractivity contribution >= 4 is 8.32 Å². The molecule has 0 unspecified atom stereocenters. The van der Waals surface area contributed by atoms with E-state index in [2.05, 4.69) is 4.43 Å². The summed E-state index contributed by atoms with van der Waals surface area (Å²) < 4.78 is 4.58. The molecule has 1 nitrogen and oxygen atoms in total. The van der Waals surface area contributed by atoms with Gasteiger partial charge in [0.25, 0.3) is 0 Å². The Morgan fingerprint density at radius 1 is 1.33 bits per heavy atom. The Balaban J connectivity index is 3.17. The monoisotopic (exact) mass is 102 g/mol. The fourth-order valence-electron chi connectivity index (χ4n) is 0. The summed E-state index contributed by atoms with van der Waals surface area (Å²) in [5.41, 5.74) is 0. The van der Waals surface area contributed by atoms with Crippen LogP contribution in [0.25, 0.3) is 0 Å². The molecule has 0 spiro atoms. The van der Waals surface area contributed by atoms with Crippen molar-refractivity contribution in [2.45, 2.75) is 19.6 Å². The molecule has 0 aromatic rings. The molecule has 0 saturated heterocycles. The maximum absolute atomic E-state index is 4.87. The number of rotatable bonds is 1. The SMILES string of the molecule is [CH]O[Si](C)(C)C. The molecule has 2 heteroatoms. The van der Waals surface area contributed by atoms with E-state index in [4.69, 9.17) is 7.11 Å². The zero-order chi connectivity index (χ0) is 5.21. The minimum absolute atomic E-state index is 1.35. The van der Waals surface area contributed by atoms with Gasteiger partial charge in [-0.15, -0.1) is 0 Å². The quantitative estimate of drug-likeness (QED) is 0.456. The first-order valence-electron chi connectivity index (χ1n) is 1.94. The Morgan fingerprint density at radius 2 is 1.50 bits per heavy atom. The molecule has 0 rings (SSSR count). The summed E-state index contributed by atoms with van der Waals surface area (Å²) in [7, 11) is 3.51. The van der Waals surface area contributed by atoms with Crippen LogP contribution >= 0.6 is 0 Å². The van der Waals surface area contributed by atoms with Crippen LogP contribution in [-0.2, 0) is 4.43 Å². The predicted molar refractivity (Wildman–Crippen MR) is 28.7 cm³/mol. The van der Waals surface area contributed by atoms with Crippen LogP contribution in [0.15, 0.2) is 0 Å². The van der Waals surface area contributed by atoms with Crippen LogP contribution in [0.4, 0.5) is 0 Å². The van der Waals surface area contributed by atoms with Crippen molar-refractivity contribution in [2.75, 3.05) is 0 Å². The molecule has 0 aliphatic heterocycles. The predicted octanol–water partition coefficient (Wildman–Crippen LogP) is 1.51. The van der Waals surface area contributed by atoms with Gasteiger partial charge in [-0.05, 0) is 19.6 Å². The lowest BCUT2D eigenvalue weighted by Crippen LogP contribution is -2.21. The molecule has 0 aromatic carbocycles. The molecular weight excluding hydrogens is 92.1 g/mol. The highest BCUT2D eigenvalue weighted by Crippen LogP contribution is 1.98. The molecule has 0 heterocycles. The largest absolute Gasteiger partial charge is 0.409 e. The molecule has 0 bridgehead atoms. The van der Waals surface area contributed by atoms with Crippen LogP contribution in [0.3, 0.4) is 0 Å². The fraction of sp³-hybridized carbons (Fsp3) is 0.750. The second kappa shape index (κ2) is 1.75. The molecule has 2 radical (unpaired) electrons. The van der Waals surface area contributed by atoms with Gasteiger partial charge < -0.3 is 4.43 Å². The van der Waals surface area contributed by atoms with Crippen LogP contribution in [-0.4, -0.2) is 8.32 Å². The van der Waals surface area contributed by atoms with Gasteiger partial charge >= 0.3 is 0 Å². The van der Waals surface area contributed by atoms with Crippen LogP contribution in [0.2, 0.25) is 19.6 Å². The summed E-state index contributed by atoms with van der Waals surface area (Å²) in [4.78, 5) is 0. The molecule has 0 atom stereocenters. The van der Waals surface area contributed by atoms with Crippen LogP contribution < -0.4 is 0 Å². The third kappa shape index (κ3) is 4.18. The first-order chi connectivity index (χ1) is 2.56. The second-order valence-corrected chi connectivity index (χ2v) is 6.69. The molecule has 0 amide bonds. The van der Waals surface area contributed by atoms with Gasteiger partial charge in [0, 0.05) is 0 Å². The maximum atomic E-state index is 4.87. The van der Waals surface area contributed by atoms with E-state index in [9.17, 15) is 0 Å². The average molecular weight is 102 g/mol. The third-order valence-corrected chi connectivity index (χ3v) is 1.06. The summed E-state index contributed by atoms with van der Waals surface area (Å²) >= 11 is 0. The second-order valence-electron chi connectivity index (χ2n) is 2.23. The summed E-state index contributed by atoms with van der Waals surface area (Å²) in [6, 6.07) is 0. The van der Waals surface area contributed by atoms with Gasteiger partial charge in [-0.2, -0.15) is 0 Å². The van der Waals surface area contributed by atoms with Gasteiger partial charge in [0.2, 0.25) is 0 Å². The summed E-state index contributed by atoms with van der Waals surface area (Å²) in [6.07, 6.45) is 0. The molecule has 0 aromatic heterocycles. The van der Waals surface area contributed by atoms with Gasteiger partial charge in [-0.3, -0.25) is 0 Å². The third-order valence-electron chi connectivity index (χ3n) is 0.354. The Bertz CT molecular complexity index is 37.3. The molecule has 0 saturated carbocycles.